The van der Waals surface area contributed by atoms with Crippen LogP contribution in [-0.2, 0) is 23.7 Å². The number of carbonyl (C=O) groups is 3. The molecule has 0 unspecified atom stereocenters. The molecule has 162 valence electrons. The van der Waals surface area contributed by atoms with E-state index in [4.69, 9.17) is 23.7 Å². The summed E-state index contributed by atoms with van der Waals surface area (Å²) in [6, 6.07) is 13.4. The van der Waals surface area contributed by atoms with Crippen LogP contribution < -0.4 is 4.74 Å². The Hall–Kier alpha value is -3.23. The van der Waals surface area contributed by atoms with Crippen LogP contribution in [0.5, 0.6) is 5.75 Å². The third kappa shape index (κ3) is 4.60. The summed E-state index contributed by atoms with van der Waals surface area (Å²) in [7, 11) is 0. The summed E-state index contributed by atoms with van der Waals surface area (Å²) in [6.07, 6.45) is -2.36. The highest BCUT2D eigenvalue weighted by molar-refractivity contribution is 5.93. The number of ether oxygens (including phenoxy) is 5. The first kappa shape index (κ1) is 21.0. The van der Waals surface area contributed by atoms with Gasteiger partial charge in [0.15, 0.2) is 12.2 Å². The highest BCUT2D eigenvalue weighted by atomic mass is 16.7. The molecule has 0 amide bonds. The van der Waals surface area contributed by atoms with Crippen molar-refractivity contribution in [2.24, 2.45) is 0 Å². The summed E-state index contributed by atoms with van der Waals surface area (Å²) >= 11 is 0. The predicted octanol–water partition coefficient (Wildman–Crippen LogP) is 2.47. The van der Waals surface area contributed by atoms with E-state index in [2.05, 4.69) is 0 Å². The normalized spacial score (nSPS) is 24.3. The smallest absolute Gasteiger partial charge is 0.342 e. The summed E-state index contributed by atoms with van der Waals surface area (Å²) in [4.78, 5) is 36.3. The molecule has 0 N–H and O–H groups in total. The minimum absolute atomic E-state index is 0.107. The maximum Gasteiger partial charge on any atom is 0.342 e. The summed E-state index contributed by atoms with van der Waals surface area (Å²) in [5.41, 5.74) is 1.61. The molecular weight excluding hydrogens is 404 g/mol. The van der Waals surface area contributed by atoms with Gasteiger partial charge in [-0.05, 0) is 31.2 Å². The van der Waals surface area contributed by atoms with Crippen molar-refractivity contribution in [3.8, 4) is 5.75 Å². The predicted molar refractivity (Wildman–Crippen MR) is 107 cm³/mol. The molecule has 2 aromatic rings. The molecule has 0 bridgehead atoms. The number of rotatable bonds is 5. The molecular formula is C23H22O8. The fourth-order valence-electron chi connectivity index (χ4n) is 3.61. The molecule has 0 radical (unpaired) electrons. The SMILES string of the molecule is CC(=O)Oc1ccccc1C(=O)O[C@H]1CO[C@H]2[C@@H]1OC[C@H]2OC(=O)c1ccc(C)cc1. The molecule has 2 aliphatic heterocycles. The third-order valence-corrected chi connectivity index (χ3v) is 5.13. The zero-order valence-corrected chi connectivity index (χ0v) is 17.1. The van der Waals surface area contributed by atoms with E-state index in [1.165, 1.54) is 19.1 Å². The molecule has 8 nitrogen and oxygen atoms in total. The van der Waals surface area contributed by atoms with Crippen LogP contribution in [0, 0.1) is 6.92 Å². The number of hydrogen-bond donors (Lipinski definition) is 0. The van der Waals surface area contributed by atoms with E-state index < -0.39 is 42.3 Å². The van der Waals surface area contributed by atoms with Crippen molar-refractivity contribution in [2.45, 2.75) is 38.3 Å². The van der Waals surface area contributed by atoms with Crippen molar-refractivity contribution in [1.29, 1.82) is 0 Å². The van der Waals surface area contributed by atoms with Crippen LogP contribution >= 0.6 is 0 Å². The van der Waals surface area contributed by atoms with Gasteiger partial charge in [-0.25, -0.2) is 9.59 Å². The minimum atomic E-state index is -0.675. The van der Waals surface area contributed by atoms with Gasteiger partial charge in [0.25, 0.3) is 0 Å². The third-order valence-electron chi connectivity index (χ3n) is 5.13. The quantitative estimate of drug-likeness (QED) is 0.531. The monoisotopic (exact) mass is 426 g/mol. The van der Waals surface area contributed by atoms with Gasteiger partial charge in [0.05, 0.1) is 18.8 Å². The molecule has 4 rings (SSSR count). The number of para-hydroxylation sites is 1. The topological polar surface area (TPSA) is 97.4 Å². The van der Waals surface area contributed by atoms with Gasteiger partial charge in [-0.15, -0.1) is 0 Å². The van der Waals surface area contributed by atoms with Gasteiger partial charge in [0.1, 0.15) is 23.5 Å². The molecule has 0 aliphatic carbocycles. The van der Waals surface area contributed by atoms with Crippen molar-refractivity contribution < 1.29 is 38.1 Å². The molecule has 2 aromatic carbocycles. The van der Waals surface area contributed by atoms with Crippen LogP contribution in [0.4, 0.5) is 0 Å². The number of benzene rings is 2. The molecule has 8 heteroatoms. The van der Waals surface area contributed by atoms with Gasteiger partial charge < -0.3 is 23.7 Å². The van der Waals surface area contributed by atoms with Crippen LogP contribution in [-0.4, -0.2) is 55.5 Å². The maximum absolute atomic E-state index is 12.7. The second kappa shape index (κ2) is 8.87. The Balaban J connectivity index is 1.38. The molecule has 2 fully saturated rings. The van der Waals surface area contributed by atoms with Crippen LogP contribution in [0.15, 0.2) is 48.5 Å². The first-order chi connectivity index (χ1) is 14.9. The number of carbonyl (C=O) groups excluding carboxylic acids is 3. The van der Waals surface area contributed by atoms with Crippen molar-refractivity contribution in [1.82, 2.24) is 0 Å². The van der Waals surface area contributed by atoms with Crippen molar-refractivity contribution >= 4 is 17.9 Å². The molecule has 0 saturated carbocycles. The van der Waals surface area contributed by atoms with Crippen LogP contribution in [0.3, 0.4) is 0 Å². The van der Waals surface area contributed by atoms with Gasteiger partial charge >= 0.3 is 17.9 Å². The number of esters is 3. The fraction of sp³-hybridized carbons (Fsp3) is 0.348. The standard InChI is InChI=1S/C23H22O8/c1-13-7-9-15(10-8-13)22(25)30-18-11-27-21-19(12-28-20(18)21)31-23(26)16-5-3-4-6-17(16)29-14(2)24/h3-10,18-21H,11-12H2,1-2H3/t18-,19+,20-,21-/m1/s1. The highest BCUT2D eigenvalue weighted by Crippen LogP contribution is 2.32. The average Bonchev–Trinajstić information content (AvgIpc) is 3.32. The highest BCUT2D eigenvalue weighted by Gasteiger charge is 2.51. The summed E-state index contributed by atoms with van der Waals surface area (Å²) in [5, 5.41) is 0. The Morgan fingerprint density at radius 2 is 1.42 bits per heavy atom. The summed E-state index contributed by atoms with van der Waals surface area (Å²) < 4.78 is 27.6. The maximum atomic E-state index is 12.7. The summed E-state index contributed by atoms with van der Waals surface area (Å²) in [6.45, 7) is 3.44. The van der Waals surface area contributed by atoms with Crippen LogP contribution in [0.25, 0.3) is 0 Å². The largest absolute Gasteiger partial charge is 0.453 e. The van der Waals surface area contributed by atoms with E-state index >= 15 is 0 Å². The first-order valence-electron chi connectivity index (χ1n) is 9.91. The molecule has 0 spiro atoms. The summed E-state index contributed by atoms with van der Waals surface area (Å²) in [5.74, 6) is -1.54. The number of hydrogen-bond acceptors (Lipinski definition) is 8. The lowest BCUT2D eigenvalue weighted by Crippen LogP contribution is -2.36. The Kier molecular flexibility index (Phi) is 6.01. The lowest BCUT2D eigenvalue weighted by atomic mass is 10.1. The van der Waals surface area contributed by atoms with E-state index in [0.29, 0.717) is 5.56 Å². The van der Waals surface area contributed by atoms with Gasteiger partial charge in [0, 0.05) is 6.92 Å². The minimum Gasteiger partial charge on any atom is -0.453 e. The van der Waals surface area contributed by atoms with Crippen molar-refractivity contribution in [3.05, 3.63) is 65.2 Å². The van der Waals surface area contributed by atoms with Gasteiger partial charge in [-0.2, -0.15) is 0 Å². The molecule has 2 heterocycles. The second-order valence-corrected chi connectivity index (χ2v) is 7.44. The average molecular weight is 426 g/mol. The Labute approximate surface area is 179 Å². The van der Waals surface area contributed by atoms with E-state index in [9.17, 15) is 14.4 Å². The van der Waals surface area contributed by atoms with Gasteiger partial charge in [-0.1, -0.05) is 29.8 Å². The van der Waals surface area contributed by atoms with Crippen molar-refractivity contribution in [3.63, 3.8) is 0 Å². The lowest BCUT2D eigenvalue weighted by molar-refractivity contribution is -0.131. The first-order valence-corrected chi connectivity index (χ1v) is 9.91. The van der Waals surface area contributed by atoms with E-state index in [0.717, 1.165) is 5.56 Å². The molecule has 31 heavy (non-hydrogen) atoms. The van der Waals surface area contributed by atoms with Crippen LogP contribution in [0.1, 0.15) is 33.2 Å². The zero-order chi connectivity index (χ0) is 22.0. The Morgan fingerprint density at radius 1 is 0.839 bits per heavy atom. The zero-order valence-electron chi connectivity index (χ0n) is 17.1. The van der Waals surface area contributed by atoms with E-state index in [1.54, 1.807) is 24.3 Å². The van der Waals surface area contributed by atoms with E-state index in [1.807, 2.05) is 19.1 Å². The van der Waals surface area contributed by atoms with Gasteiger partial charge in [0.2, 0.25) is 0 Å². The number of fused-ring (bicyclic) bond motifs is 1. The van der Waals surface area contributed by atoms with Gasteiger partial charge in [-0.3, -0.25) is 4.79 Å². The Morgan fingerprint density at radius 3 is 2.03 bits per heavy atom. The lowest BCUT2D eigenvalue weighted by Gasteiger charge is -2.18. The molecule has 0 aromatic heterocycles. The van der Waals surface area contributed by atoms with Crippen LogP contribution in [0.2, 0.25) is 0 Å². The second-order valence-electron chi connectivity index (χ2n) is 7.44. The van der Waals surface area contributed by atoms with Crippen molar-refractivity contribution in [2.75, 3.05) is 13.2 Å². The van der Waals surface area contributed by atoms with E-state index in [-0.39, 0.29) is 24.5 Å². The number of aryl methyl sites for hydroxylation is 1. The fourth-order valence-corrected chi connectivity index (χ4v) is 3.61. The molecule has 2 saturated heterocycles. The molecule has 4 atom stereocenters. The molecule has 2 aliphatic rings. The Bertz CT molecular complexity index is 983.